The van der Waals surface area contributed by atoms with Crippen LogP contribution in [0.1, 0.15) is 15.9 Å². The van der Waals surface area contributed by atoms with Crippen LogP contribution in [-0.2, 0) is 0 Å². The van der Waals surface area contributed by atoms with E-state index in [-0.39, 0.29) is 5.91 Å². The quantitative estimate of drug-likeness (QED) is 0.483. The molecule has 0 radical (unpaired) electrons. The van der Waals surface area contributed by atoms with Crippen LogP contribution in [0, 0.1) is 0 Å². The van der Waals surface area contributed by atoms with Crippen LogP contribution in [0.4, 0.5) is 0 Å². The standard InChI is InChI=1S/C22H19ClN2O3/c1-27-20-12-18(19(23)13-21(20)28-2)14-24-25-22(26)17-10-8-16(9-11-17)15-6-4-3-5-7-15/h3-14H,1-2H3,(H,25,26)/b24-14+. The summed E-state index contributed by atoms with van der Waals surface area (Å²) < 4.78 is 10.4. The van der Waals surface area contributed by atoms with Crippen LogP contribution in [0.2, 0.25) is 5.02 Å². The third-order valence-electron chi connectivity index (χ3n) is 4.13. The maximum Gasteiger partial charge on any atom is 0.271 e. The Labute approximate surface area is 168 Å². The van der Waals surface area contributed by atoms with Crippen molar-refractivity contribution in [2.75, 3.05) is 14.2 Å². The molecule has 0 unspecified atom stereocenters. The van der Waals surface area contributed by atoms with Gasteiger partial charge in [-0.25, -0.2) is 5.43 Å². The number of nitrogens with zero attached hydrogens (tertiary/aromatic N) is 1. The molecule has 3 rings (SSSR count). The SMILES string of the molecule is COc1cc(Cl)c(/C=N/NC(=O)c2ccc(-c3ccccc3)cc2)cc1OC. The van der Waals surface area contributed by atoms with Crippen LogP contribution < -0.4 is 14.9 Å². The number of hydrogen-bond acceptors (Lipinski definition) is 4. The molecule has 0 heterocycles. The zero-order chi connectivity index (χ0) is 19.9. The number of carbonyl (C=O) groups is 1. The van der Waals surface area contributed by atoms with E-state index < -0.39 is 0 Å². The van der Waals surface area contributed by atoms with Gasteiger partial charge in [0.2, 0.25) is 0 Å². The van der Waals surface area contributed by atoms with E-state index in [9.17, 15) is 4.79 Å². The minimum Gasteiger partial charge on any atom is -0.493 e. The van der Waals surface area contributed by atoms with Gasteiger partial charge in [0, 0.05) is 17.2 Å². The van der Waals surface area contributed by atoms with Crippen LogP contribution in [0.25, 0.3) is 11.1 Å². The highest BCUT2D eigenvalue weighted by Crippen LogP contribution is 2.32. The monoisotopic (exact) mass is 394 g/mol. The first kappa shape index (κ1) is 19.5. The van der Waals surface area contributed by atoms with Gasteiger partial charge in [0.1, 0.15) is 0 Å². The Bertz CT molecular complexity index is 987. The number of amides is 1. The maximum atomic E-state index is 12.3. The van der Waals surface area contributed by atoms with Gasteiger partial charge in [-0.1, -0.05) is 54.1 Å². The Hall–Kier alpha value is -3.31. The summed E-state index contributed by atoms with van der Waals surface area (Å²) >= 11 is 6.21. The molecule has 6 heteroatoms. The van der Waals surface area contributed by atoms with Crippen LogP contribution >= 0.6 is 11.6 Å². The van der Waals surface area contributed by atoms with Gasteiger partial charge in [0.15, 0.2) is 11.5 Å². The van der Waals surface area contributed by atoms with E-state index >= 15 is 0 Å². The summed E-state index contributed by atoms with van der Waals surface area (Å²) in [6, 6.07) is 20.6. The van der Waals surface area contributed by atoms with E-state index in [1.165, 1.54) is 20.4 Å². The predicted molar refractivity (Wildman–Crippen MR) is 111 cm³/mol. The lowest BCUT2D eigenvalue weighted by molar-refractivity contribution is 0.0955. The van der Waals surface area contributed by atoms with Crippen molar-refractivity contribution in [1.82, 2.24) is 5.43 Å². The second-order valence-corrected chi connectivity index (χ2v) is 6.28. The summed E-state index contributed by atoms with van der Waals surface area (Å²) in [6.07, 6.45) is 1.46. The van der Waals surface area contributed by atoms with Crippen LogP contribution in [0.5, 0.6) is 11.5 Å². The lowest BCUT2D eigenvalue weighted by Gasteiger charge is -2.09. The lowest BCUT2D eigenvalue weighted by Crippen LogP contribution is -2.17. The molecule has 0 bridgehead atoms. The highest BCUT2D eigenvalue weighted by atomic mass is 35.5. The van der Waals surface area contributed by atoms with Crippen molar-refractivity contribution in [3.05, 3.63) is 82.9 Å². The number of benzene rings is 3. The summed E-state index contributed by atoms with van der Waals surface area (Å²) in [7, 11) is 3.07. The zero-order valence-electron chi connectivity index (χ0n) is 15.5. The summed E-state index contributed by atoms with van der Waals surface area (Å²) in [5.41, 5.74) is 5.74. The Morgan fingerprint density at radius 1 is 0.929 bits per heavy atom. The highest BCUT2D eigenvalue weighted by molar-refractivity contribution is 6.33. The Morgan fingerprint density at radius 2 is 1.54 bits per heavy atom. The van der Waals surface area contributed by atoms with Gasteiger partial charge >= 0.3 is 0 Å². The minimum absolute atomic E-state index is 0.313. The maximum absolute atomic E-state index is 12.3. The molecule has 0 saturated heterocycles. The largest absolute Gasteiger partial charge is 0.493 e. The topological polar surface area (TPSA) is 59.9 Å². The van der Waals surface area contributed by atoms with Gasteiger partial charge < -0.3 is 9.47 Å². The Balaban J connectivity index is 1.69. The predicted octanol–water partition coefficient (Wildman–Crippen LogP) is 4.79. The highest BCUT2D eigenvalue weighted by Gasteiger charge is 2.09. The molecule has 1 N–H and O–H groups in total. The normalized spacial score (nSPS) is 10.7. The van der Waals surface area contributed by atoms with Crippen LogP contribution in [0.3, 0.4) is 0 Å². The first-order valence-corrected chi connectivity index (χ1v) is 8.90. The van der Waals surface area contributed by atoms with Gasteiger partial charge in [-0.2, -0.15) is 5.10 Å². The fourth-order valence-corrected chi connectivity index (χ4v) is 2.84. The molecule has 28 heavy (non-hydrogen) atoms. The number of hydrazone groups is 1. The second kappa shape index (κ2) is 9.06. The van der Waals surface area contributed by atoms with Gasteiger partial charge in [0.25, 0.3) is 5.91 Å². The third kappa shape index (κ3) is 4.50. The van der Waals surface area contributed by atoms with Gasteiger partial charge in [-0.15, -0.1) is 0 Å². The summed E-state index contributed by atoms with van der Waals surface area (Å²) in [6.45, 7) is 0. The van der Waals surface area contributed by atoms with Crippen molar-refractivity contribution in [3.63, 3.8) is 0 Å². The fraction of sp³-hybridized carbons (Fsp3) is 0.0909. The molecule has 0 atom stereocenters. The second-order valence-electron chi connectivity index (χ2n) is 5.87. The van der Waals surface area contributed by atoms with E-state index in [4.69, 9.17) is 21.1 Å². The van der Waals surface area contributed by atoms with E-state index in [0.717, 1.165) is 11.1 Å². The molecule has 0 aromatic heterocycles. The molecule has 1 amide bonds. The molecule has 3 aromatic rings. The molecular formula is C22H19ClN2O3. The van der Waals surface area contributed by atoms with Crippen LogP contribution in [-0.4, -0.2) is 26.3 Å². The molecule has 0 spiro atoms. The molecule has 142 valence electrons. The Morgan fingerprint density at radius 3 is 2.18 bits per heavy atom. The van der Waals surface area contributed by atoms with E-state index in [2.05, 4.69) is 10.5 Å². The molecule has 3 aromatic carbocycles. The number of hydrogen-bond donors (Lipinski definition) is 1. The third-order valence-corrected chi connectivity index (χ3v) is 4.45. The van der Waals surface area contributed by atoms with E-state index in [1.807, 2.05) is 42.5 Å². The fourth-order valence-electron chi connectivity index (χ4n) is 2.64. The molecule has 0 aliphatic rings. The molecular weight excluding hydrogens is 376 g/mol. The average Bonchev–Trinajstić information content (AvgIpc) is 2.75. The van der Waals surface area contributed by atoms with Gasteiger partial charge in [-0.05, 0) is 29.3 Å². The Kier molecular flexibility index (Phi) is 6.29. The van der Waals surface area contributed by atoms with Crippen molar-refractivity contribution >= 4 is 23.7 Å². The van der Waals surface area contributed by atoms with E-state index in [1.54, 1.807) is 24.3 Å². The van der Waals surface area contributed by atoms with Crippen molar-refractivity contribution in [2.45, 2.75) is 0 Å². The summed E-state index contributed by atoms with van der Waals surface area (Å²) in [5, 5.41) is 4.42. The number of rotatable bonds is 6. The molecule has 0 aliphatic heterocycles. The lowest BCUT2D eigenvalue weighted by atomic mass is 10.0. The molecule has 0 aliphatic carbocycles. The number of methoxy groups -OCH3 is 2. The minimum atomic E-state index is -0.313. The number of nitrogens with one attached hydrogen (secondary N) is 1. The van der Waals surface area contributed by atoms with Crippen molar-refractivity contribution in [3.8, 4) is 22.6 Å². The smallest absolute Gasteiger partial charge is 0.271 e. The van der Waals surface area contributed by atoms with Crippen molar-refractivity contribution < 1.29 is 14.3 Å². The molecule has 5 nitrogen and oxygen atoms in total. The first-order valence-electron chi connectivity index (χ1n) is 8.53. The number of carbonyl (C=O) groups excluding carboxylic acids is 1. The molecule has 0 fully saturated rings. The zero-order valence-corrected chi connectivity index (χ0v) is 16.2. The molecule has 0 saturated carbocycles. The summed E-state index contributed by atoms with van der Waals surface area (Å²) in [4.78, 5) is 12.3. The van der Waals surface area contributed by atoms with Gasteiger partial charge in [-0.3, -0.25) is 4.79 Å². The number of ether oxygens (including phenoxy) is 2. The number of halogens is 1. The van der Waals surface area contributed by atoms with E-state index in [0.29, 0.717) is 27.6 Å². The van der Waals surface area contributed by atoms with Gasteiger partial charge in [0.05, 0.1) is 25.5 Å². The average molecular weight is 395 g/mol. The van der Waals surface area contributed by atoms with Crippen molar-refractivity contribution in [2.24, 2.45) is 5.10 Å². The first-order chi connectivity index (χ1) is 13.6. The summed E-state index contributed by atoms with van der Waals surface area (Å²) in [5.74, 6) is 0.732. The van der Waals surface area contributed by atoms with Crippen molar-refractivity contribution in [1.29, 1.82) is 0 Å². The van der Waals surface area contributed by atoms with Crippen LogP contribution in [0.15, 0.2) is 71.8 Å².